The average Bonchev–Trinajstić information content (AvgIpc) is 2.36. The number of hydrogen-bond donors (Lipinski definition) is 1. The summed E-state index contributed by atoms with van der Waals surface area (Å²) in [5.74, 6) is 0. The third-order valence-electron chi connectivity index (χ3n) is 1.97. The molecule has 4 nitrogen and oxygen atoms in total. The van der Waals surface area contributed by atoms with Crippen LogP contribution in [0, 0.1) is 6.92 Å². The minimum Gasteiger partial charge on any atom is -0.450 e. The second-order valence-electron chi connectivity index (χ2n) is 2.95. The van der Waals surface area contributed by atoms with Gasteiger partial charge in [0.25, 0.3) is 0 Å². The number of likely N-dealkylation sites (tertiary alicyclic amines) is 1. The zero-order chi connectivity index (χ0) is 8.97. The number of ether oxygens (including phenoxy) is 1. The van der Waals surface area contributed by atoms with Crippen LogP contribution in [0.1, 0.15) is 12.8 Å². The van der Waals surface area contributed by atoms with Crippen molar-refractivity contribution in [2.75, 3.05) is 19.6 Å². The zero-order valence-corrected chi connectivity index (χ0v) is 7.03. The van der Waals surface area contributed by atoms with Crippen molar-refractivity contribution in [3.63, 3.8) is 0 Å². The van der Waals surface area contributed by atoms with E-state index < -0.39 is 6.16 Å². The van der Waals surface area contributed by atoms with Crippen molar-refractivity contribution >= 4 is 6.16 Å². The van der Waals surface area contributed by atoms with Crippen LogP contribution in [-0.2, 0) is 4.74 Å². The highest BCUT2D eigenvalue weighted by Crippen LogP contribution is 2.12. The molecule has 12 heavy (non-hydrogen) atoms. The van der Waals surface area contributed by atoms with E-state index in [0.29, 0.717) is 0 Å². The van der Waals surface area contributed by atoms with Crippen molar-refractivity contribution in [2.45, 2.75) is 18.9 Å². The van der Waals surface area contributed by atoms with Gasteiger partial charge < -0.3 is 9.84 Å². The second-order valence-corrected chi connectivity index (χ2v) is 2.95. The first-order valence-corrected chi connectivity index (χ1v) is 4.13. The molecule has 69 valence electrons. The molecule has 1 rings (SSSR count). The Morgan fingerprint density at radius 1 is 1.75 bits per heavy atom. The summed E-state index contributed by atoms with van der Waals surface area (Å²) in [4.78, 5) is 12.3. The summed E-state index contributed by atoms with van der Waals surface area (Å²) in [6.45, 7) is 6.31. The van der Waals surface area contributed by atoms with E-state index in [1.165, 1.54) is 0 Å². The molecule has 0 aliphatic carbocycles. The van der Waals surface area contributed by atoms with Gasteiger partial charge in [0, 0.05) is 13.1 Å². The van der Waals surface area contributed by atoms with E-state index in [-0.39, 0.29) is 6.10 Å². The Bertz CT molecular complexity index is 160. The van der Waals surface area contributed by atoms with E-state index in [2.05, 4.69) is 16.6 Å². The third-order valence-corrected chi connectivity index (χ3v) is 1.97. The molecule has 1 unspecified atom stereocenters. The largest absolute Gasteiger partial charge is 0.506 e. The summed E-state index contributed by atoms with van der Waals surface area (Å²) in [6, 6.07) is 0. The standard InChI is InChI=1S/C8H14NO3/c1-2-4-9-5-3-7(6-9)12-8(10)11/h7H,1-6H2,(H,10,11). The van der Waals surface area contributed by atoms with Gasteiger partial charge in [-0.3, -0.25) is 4.90 Å². The highest BCUT2D eigenvalue weighted by molar-refractivity contribution is 5.57. The number of hydrogen-bond acceptors (Lipinski definition) is 3. The molecule has 0 aromatic heterocycles. The van der Waals surface area contributed by atoms with E-state index >= 15 is 0 Å². The lowest BCUT2D eigenvalue weighted by molar-refractivity contribution is 0.0552. The summed E-state index contributed by atoms with van der Waals surface area (Å²) in [7, 11) is 0. The van der Waals surface area contributed by atoms with Crippen LogP contribution in [0.25, 0.3) is 0 Å². The van der Waals surface area contributed by atoms with E-state index in [1.807, 2.05) is 0 Å². The van der Waals surface area contributed by atoms with Gasteiger partial charge >= 0.3 is 6.16 Å². The molecule has 1 N–H and O–H groups in total. The summed E-state index contributed by atoms with van der Waals surface area (Å²) < 4.78 is 4.64. The topological polar surface area (TPSA) is 49.8 Å². The fraction of sp³-hybridized carbons (Fsp3) is 0.750. The van der Waals surface area contributed by atoms with Gasteiger partial charge in [-0.1, -0.05) is 6.92 Å². The van der Waals surface area contributed by atoms with E-state index in [0.717, 1.165) is 32.5 Å². The maximum Gasteiger partial charge on any atom is 0.506 e. The molecule has 1 saturated heterocycles. The molecule has 4 heteroatoms. The molecule has 1 aliphatic heterocycles. The molecular weight excluding hydrogens is 158 g/mol. The molecule has 0 spiro atoms. The predicted octanol–water partition coefficient (Wildman–Crippen LogP) is 0.979. The SMILES string of the molecule is [CH2]CCN1CCC(OC(=O)O)C1. The number of rotatable bonds is 3. The first-order valence-electron chi connectivity index (χ1n) is 4.13. The van der Waals surface area contributed by atoms with Gasteiger partial charge in [0.1, 0.15) is 6.10 Å². The Morgan fingerprint density at radius 2 is 2.50 bits per heavy atom. The van der Waals surface area contributed by atoms with Crippen molar-refractivity contribution in [3.8, 4) is 0 Å². The molecule has 0 bridgehead atoms. The summed E-state index contributed by atoms with van der Waals surface area (Å²) in [5, 5.41) is 8.34. The molecule has 1 radical (unpaired) electrons. The quantitative estimate of drug-likeness (QED) is 0.645. The molecule has 1 heterocycles. The van der Waals surface area contributed by atoms with Crippen LogP contribution in [0.5, 0.6) is 0 Å². The first kappa shape index (κ1) is 9.32. The van der Waals surface area contributed by atoms with Gasteiger partial charge in [0.15, 0.2) is 0 Å². The normalized spacial score (nSPS) is 24.2. The molecule has 1 aliphatic rings. The third kappa shape index (κ3) is 2.70. The van der Waals surface area contributed by atoms with Crippen LogP contribution in [-0.4, -0.2) is 41.9 Å². The summed E-state index contributed by atoms with van der Waals surface area (Å²) in [5.41, 5.74) is 0. The fourth-order valence-corrected chi connectivity index (χ4v) is 1.46. The number of carboxylic acid groups (broad SMARTS) is 1. The first-order chi connectivity index (χ1) is 5.72. The Hall–Kier alpha value is -0.770. The van der Waals surface area contributed by atoms with Crippen molar-refractivity contribution in [1.82, 2.24) is 4.90 Å². The second kappa shape index (κ2) is 4.30. The van der Waals surface area contributed by atoms with Crippen molar-refractivity contribution < 1.29 is 14.6 Å². The lowest BCUT2D eigenvalue weighted by Gasteiger charge is -2.13. The van der Waals surface area contributed by atoms with Crippen LogP contribution in [0.4, 0.5) is 4.79 Å². The minimum atomic E-state index is -1.17. The van der Waals surface area contributed by atoms with Gasteiger partial charge in [-0.15, -0.1) is 0 Å². The highest BCUT2D eigenvalue weighted by atomic mass is 16.7. The molecule has 1 atom stereocenters. The molecular formula is C8H14NO3. The Kier molecular flexibility index (Phi) is 3.34. The summed E-state index contributed by atoms with van der Waals surface area (Å²) >= 11 is 0. The monoisotopic (exact) mass is 172 g/mol. The van der Waals surface area contributed by atoms with Crippen LogP contribution in [0.15, 0.2) is 0 Å². The van der Waals surface area contributed by atoms with Crippen LogP contribution in [0.3, 0.4) is 0 Å². The lowest BCUT2D eigenvalue weighted by atomic mass is 10.3. The van der Waals surface area contributed by atoms with Gasteiger partial charge in [-0.2, -0.15) is 0 Å². The molecule has 0 aromatic rings. The van der Waals surface area contributed by atoms with Gasteiger partial charge in [-0.25, -0.2) is 4.79 Å². The van der Waals surface area contributed by atoms with Gasteiger partial charge in [0.2, 0.25) is 0 Å². The van der Waals surface area contributed by atoms with Crippen molar-refractivity contribution in [3.05, 3.63) is 6.92 Å². The molecule has 0 aromatic carbocycles. The predicted molar refractivity (Wildman–Crippen MR) is 43.9 cm³/mol. The van der Waals surface area contributed by atoms with Gasteiger partial charge in [-0.05, 0) is 19.4 Å². The molecule has 1 fully saturated rings. The fourth-order valence-electron chi connectivity index (χ4n) is 1.46. The highest BCUT2D eigenvalue weighted by Gasteiger charge is 2.24. The van der Waals surface area contributed by atoms with Crippen LogP contribution in [0.2, 0.25) is 0 Å². The molecule has 0 amide bonds. The summed E-state index contributed by atoms with van der Waals surface area (Å²) in [6.07, 6.45) is 0.372. The maximum absolute atomic E-state index is 10.2. The van der Waals surface area contributed by atoms with Crippen molar-refractivity contribution in [2.24, 2.45) is 0 Å². The number of nitrogens with zero attached hydrogens (tertiary/aromatic N) is 1. The smallest absolute Gasteiger partial charge is 0.450 e. The van der Waals surface area contributed by atoms with Crippen LogP contribution >= 0.6 is 0 Å². The molecule has 0 saturated carbocycles. The minimum absolute atomic E-state index is 0.131. The van der Waals surface area contributed by atoms with Crippen LogP contribution < -0.4 is 0 Å². The lowest BCUT2D eigenvalue weighted by Crippen LogP contribution is -2.25. The Morgan fingerprint density at radius 3 is 3.08 bits per heavy atom. The Balaban J connectivity index is 2.21. The van der Waals surface area contributed by atoms with Gasteiger partial charge in [0.05, 0.1) is 0 Å². The van der Waals surface area contributed by atoms with E-state index in [4.69, 9.17) is 5.11 Å². The van der Waals surface area contributed by atoms with E-state index in [1.54, 1.807) is 0 Å². The maximum atomic E-state index is 10.2. The van der Waals surface area contributed by atoms with E-state index in [9.17, 15) is 4.79 Å². The number of carbonyl (C=O) groups is 1. The average molecular weight is 172 g/mol. The van der Waals surface area contributed by atoms with Crippen molar-refractivity contribution in [1.29, 1.82) is 0 Å². The zero-order valence-electron chi connectivity index (χ0n) is 7.03. The Labute approximate surface area is 72.1 Å².